The molecule has 2 heterocycles. The molecular formula is C13H22N4O. The smallest absolute Gasteiger partial charge is 0.220 e. The van der Waals surface area contributed by atoms with Crippen LogP contribution in [0.2, 0.25) is 0 Å². The van der Waals surface area contributed by atoms with Crippen LogP contribution in [0, 0.1) is 0 Å². The van der Waals surface area contributed by atoms with E-state index in [0.717, 1.165) is 18.5 Å². The second-order valence-electron chi connectivity index (χ2n) is 5.07. The van der Waals surface area contributed by atoms with E-state index in [1.54, 1.807) is 10.9 Å². The molecule has 5 nitrogen and oxygen atoms in total. The summed E-state index contributed by atoms with van der Waals surface area (Å²) in [4.78, 5) is 11.8. The summed E-state index contributed by atoms with van der Waals surface area (Å²) >= 11 is 0. The number of aromatic nitrogens is 2. The second-order valence-corrected chi connectivity index (χ2v) is 5.07. The van der Waals surface area contributed by atoms with Gasteiger partial charge in [-0.3, -0.25) is 9.48 Å². The van der Waals surface area contributed by atoms with Crippen LogP contribution < -0.4 is 10.6 Å². The molecule has 5 heteroatoms. The van der Waals surface area contributed by atoms with Crippen molar-refractivity contribution in [2.24, 2.45) is 7.05 Å². The molecule has 0 aliphatic carbocycles. The fourth-order valence-electron chi connectivity index (χ4n) is 2.37. The minimum absolute atomic E-state index is 0.0303. The van der Waals surface area contributed by atoms with Crippen molar-refractivity contribution in [3.8, 4) is 0 Å². The van der Waals surface area contributed by atoms with E-state index in [0.29, 0.717) is 12.5 Å². The predicted octanol–water partition coefficient (Wildman–Crippen LogP) is 1.13. The highest BCUT2D eigenvalue weighted by Crippen LogP contribution is 2.13. The molecule has 18 heavy (non-hydrogen) atoms. The van der Waals surface area contributed by atoms with Gasteiger partial charge in [0.05, 0.1) is 12.2 Å². The lowest BCUT2D eigenvalue weighted by Crippen LogP contribution is -2.29. The molecule has 100 valence electrons. The maximum absolute atomic E-state index is 11.8. The average molecular weight is 250 g/mol. The van der Waals surface area contributed by atoms with E-state index in [-0.39, 0.29) is 11.9 Å². The lowest BCUT2D eigenvalue weighted by atomic mass is 10.1. The van der Waals surface area contributed by atoms with Crippen LogP contribution >= 0.6 is 0 Å². The van der Waals surface area contributed by atoms with Crippen molar-refractivity contribution in [3.05, 3.63) is 18.0 Å². The molecule has 0 saturated carbocycles. The van der Waals surface area contributed by atoms with E-state index in [2.05, 4.69) is 15.7 Å². The molecule has 1 fully saturated rings. The third-order valence-electron chi connectivity index (χ3n) is 3.48. The molecule has 1 saturated heterocycles. The minimum Gasteiger partial charge on any atom is -0.349 e. The van der Waals surface area contributed by atoms with Crippen LogP contribution in [-0.4, -0.2) is 28.3 Å². The molecule has 2 unspecified atom stereocenters. The minimum atomic E-state index is 0.0303. The number of hydrogen-bond acceptors (Lipinski definition) is 3. The topological polar surface area (TPSA) is 59.0 Å². The molecular weight excluding hydrogens is 228 g/mol. The first-order valence-electron chi connectivity index (χ1n) is 6.66. The second kappa shape index (κ2) is 6.00. The Labute approximate surface area is 108 Å². The van der Waals surface area contributed by atoms with E-state index in [1.165, 1.54) is 12.8 Å². The highest BCUT2D eigenvalue weighted by molar-refractivity contribution is 5.76. The maximum Gasteiger partial charge on any atom is 0.220 e. The lowest BCUT2D eigenvalue weighted by Gasteiger charge is -2.14. The Morgan fingerprint density at radius 2 is 2.56 bits per heavy atom. The quantitative estimate of drug-likeness (QED) is 0.823. The third kappa shape index (κ3) is 3.57. The Morgan fingerprint density at radius 1 is 1.72 bits per heavy atom. The van der Waals surface area contributed by atoms with E-state index in [1.807, 2.05) is 20.2 Å². The van der Waals surface area contributed by atoms with Crippen molar-refractivity contribution >= 4 is 5.91 Å². The number of carbonyl (C=O) groups is 1. The van der Waals surface area contributed by atoms with Gasteiger partial charge in [0.1, 0.15) is 0 Å². The standard InChI is InChI=1S/C13H22N4O/c1-10(11-8-15-17(2)9-11)16-13(18)6-5-12-4-3-7-14-12/h8-10,12,14H,3-7H2,1-2H3,(H,16,18). The Hall–Kier alpha value is -1.36. The van der Waals surface area contributed by atoms with Gasteiger partial charge in [0.25, 0.3) is 0 Å². The van der Waals surface area contributed by atoms with Crippen LogP contribution in [0.25, 0.3) is 0 Å². The fourth-order valence-corrected chi connectivity index (χ4v) is 2.37. The molecule has 2 N–H and O–H groups in total. The van der Waals surface area contributed by atoms with E-state index < -0.39 is 0 Å². The molecule has 1 aromatic rings. The summed E-state index contributed by atoms with van der Waals surface area (Å²) in [6, 6.07) is 0.562. The number of nitrogens with one attached hydrogen (secondary N) is 2. The summed E-state index contributed by atoms with van der Waals surface area (Å²) in [5.41, 5.74) is 1.05. The number of amides is 1. The zero-order valence-electron chi connectivity index (χ0n) is 11.1. The van der Waals surface area contributed by atoms with Crippen molar-refractivity contribution in [2.45, 2.75) is 44.7 Å². The Morgan fingerprint density at radius 3 is 3.17 bits per heavy atom. The maximum atomic E-state index is 11.8. The van der Waals surface area contributed by atoms with E-state index in [4.69, 9.17) is 0 Å². The Bertz CT molecular complexity index is 395. The zero-order chi connectivity index (χ0) is 13.0. The predicted molar refractivity (Wildman–Crippen MR) is 70.0 cm³/mol. The summed E-state index contributed by atoms with van der Waals surface area (Å²) in [6.45, 7) is 3.08. The molecule has 1 amide bonds. The van der Waals surface area contributed by atoms with Gasteiger partial charge in [-0.15, -0.1) is 0 Å². The average Bonchev–Trinajstić information content (AvgIpc) is 2.97. The van der Waals surface area contributed by atoms with Crippen LogP contribution in [0.15, 0.2) is 12.4 Å². The van der Waals surface area contributed by atoms with Crippen LogP contribution in [0.4, 0.5) is 0 Å². The zero-order valence-corrected chi connectivity index (χ0v) is 11.1. The van der Waals surface area contributed by atoms with Crippen molar-refractivity contribution < 1.29 is 4.79 Å². The largest absolute Gasteiger partial charge is 0.349 e. The van der Waals surface area contributed by atoms with Crippen molar-refractivity contribution in [1.29, 1.82) is 0 Å². The molecule has 0 radical (unpaired) electrons. The normalized spacial score (nSPS) is 20.9. The number of nitrogens with zero attached hydrogens (tertiary/aromatic N) is 2. The van der Waals surface area contributed by atoms with Crippen molar-refractivity contribution in [2.75, 3.05) is 6.54 Å². The number of hydrogen-bond donors (Lipinski definition) is 2. The van der Waals surface area contributed by atoms with Gasteiger partial charge >= 0.3 is 0 Å². The summed E-state index contributed by atoms with van der Waals surface area (Å²) in [7, 11) is 1.88. The van der Waals surface area contributed by atoms with Crippen LogP contribution in [0.5, 0.6) is 0 Å². The molecule has 0 aromatic carbocycles. The van der Waals surface area contributed by atoms with E-state index in [9.17, 15) is 4.79 Å². The van der Waals surface area contributed by atoms with Gasteiger partial charge in [0.15, 0.2) is 0 Å². The number of carbonyl (C=O) groups excluding carboxylic acids is 1. The summed E-state index contributed by atoms with van der Waals surface area (Å²) in [6.07, 6.45) is 7.70. The Kier molecular flexibility index (Phi) is 4.36. The van der Waals surface area contributed by atoms with Gasteiger partial charge in [-0.05, 0) is 32.7 Å². The SMILES string of the molecule is CC(NC(=O)CCC1CCCN1)c1cnn(C)c1. The fraction of sp³-hybridized carbons (Fsp3) is 0.692. The van der Waals surface area contributed by atoms with E-state index >= 15 is 0 Å². The molecule has 1 aromatic heterocycles. The van der Waals surface area contributed by atoms with Crippen LogP contribution in [-0.2, 0) is 11.8 Å². The first-order chi connectivity index (χ1) is 8.65. The Balaban J connectivity index is 1.73. The summed E-state index contributed by atoms with van der Waals surface area (Å²) in [5.74, 6) is 0.125. The first-order valence-corrected chi connectivity index (χ1v) is 6.66. The monoisotopic (exact) mass is 250 g/mol. The van der Waals surface area contributed by atoms with Gasteiger partial charge < -0.3 is 10.6 Å². The molecule has 2 rings (SSSR count). The third-order valence-corrected chi connectivity index (χ3v) is 3.48. The number of aryl methyl sites for hydroxylation is 1. The van der Waals surface area contributed by atoms with Gasteiger partial charge in [-0.2, -0.15) is 5.10 Å². The highest BCUT2D eigenvalue weighted by atomic mass is 16.1. The summed E-state index contributed by atoms with van der Waals surface area (Å²) in [5, 5.41) is 10.5. The van der Waals surface area contributed by atoms with Gasteiger partial charge in [0, 0.05) is 31.3 Å². The van der Waals surface area contributed by atoms with Crippen LogP contribution in [0.1, 0.15) is 44.2 Å². The van der Waals surface area contributed by atoms with Gasteiger partial charge in [-0.1, -0.05) is 0 Å². The molecule has 1 aliphatic heterocycles. The molecule has 1 aliphatic rings. The lowest BCUT2D eigenvalue weighted by molar-refractivity contribution is -0.121. The van der Waals surface area contributed by atoms with Crippen molar-refractivity contribution in [1.82, 2.24) is 20.4 Å². The van der Waals surface area contributed by atoms with Gasteiger partial charge in [0.2, 0.25) is 5.91 Å². The van der Waals surface area contributed by atoms with Gasteiger partial charge in [-0.25, -0.2) is 0 Å². The molecule has 0 bridgehead atoms. The number of rotatable bonds is 5. The molecule has 2 atom stereocenters. The first kappa shape index (κ1) is 13.1. The molecule has 0 spiro atoms. The van der Waals surface area contributed by atoms with Crippen molar-refractivity contribution in [3.63, 3.8) is 0 Å². The van der Waals surface area contributed by atoms with Crippen LogP contribution in [0.3, 0.4) is 0 Å². The summed E-state index contributed by atoms with van der Waals surface area (Å²) < 4.78 is 1.75. The highest BCUT2D eigenvalue weighted by Gasteiger charge is 2.16.